The van der Waals surface area contributed by atoms with Crippen LogP contribution in [0.25, 0.3) is 0 Å². The number of anilines is 1. The lowest BCUT2D eigenvalue weighted by molar-refractivity contribution is -0.114. The quantitative estimate of drug-likeness (QED) is 0.738. The molecule has 0 unspecified atom stereocenters. The minimum atomic E-state index is -0.341. The van der Waals surface area contributed by atoms with Gasteiger partial charge in [0.25, 0.3) is 11.7 Å². The molecule has 0 fully saturated rings. The fraction of sp³-hybridized carbons (Fsp3) is 0.571. The van der Waals surface area contributed by atoms with Gasteiger partial charge in [0.2, 0.25) is 0 Å². The molecule has 18 heavy (non-hydrogen) atoms. The van der Waals surface area contributed by atoms with E-state index in [9.17, 15) is 9.59 Å². The highest BCUT2D eigenvalue weighted by atomic mass is 32.1. The zero-order chi connectivity index (χ0) is 13.1. The van der Waals surface area contributed by atoms with Gasteiger partial charge >= 0.3 is 0 Å². The third-order valence-corrected chi connectivity index (χ3v) is 4.47. The van der Waals surface area contributed by atoms with E-state index in [-0.39, 0.29) is 11.7 Å². The van der Waals surface area contributed by atoms with Gasteiger partial charge in [0.1, 0.15) is 4.88 Å². The van der Waals surface area contributed by atoms with Gasteiger partial charge in [0.05, 0.1) is 5.69 Å². The van der Waals surface area contributed by atoms with Crippen LogP contribution in [0.15, 0.2) is 11.4 Å². The molecule has 0 spiro atoms. The van der Waals surface area contributed by atoms with Gasteiger partial charge in [-0.3, -0.25) is 9.59 Å². The van der Waals surface area contributed by atoms with Gasteiger partial charge in [-0.25, -0.2) is 0 Å². The first kappa shape index (κ1) is 13.3. The Morgan fingerprint density at radius 1 is 1.33 bits per heavy atom. The number of hydrogen-bond donors (Lipinski definition) is 0. The summed E-state index contributed by atoms with van der Waals surface area (Å²) in [6.45, 7) is 5.01. The average Bonchev–Trinajstić information content (AvgIpc) is 2.93. The van der Waals surface area contributed by atoms with Gasteiger partial charge in [-0.05, 0) is 23.8 Å². The van der Waals surface area contributed by atoms with Crippen molar-refractivity contribution in [1.29, 1.82) is 0 Å². The van der Waals surface area contributed by atoms with Gasteiger partial charge in [0, 0.05) is 6.54 Å². The lowest BCUT2D eigenvalue weighted by Crippen LogP contribution is -2.34. The molecule has 0 bridgehead atoms. The highest BCUT2D eigenvalue weighted by molar-refractivity contribution is 7.14. The summed E-state index contributed by atoms with van der Waals surface area (Å²) < 4.78 is 0. The van der Waals surface area contributed by atoms with Crippen LogP contribution in [0.2, 0.25) is 0 Å². The number of amides is 1. The van der Waals surface area contributed by atoms with Crippen molar-refractivity contribution in [2.24, 2.45) is 5.92 Å². The summed E-state index contributed by atoms with van der Waals surface area (Å²) in [5, 5.41) is 1.88. The summed E-state index contributed by atoms with van der Waals surface area (Å²) in [4.78, 5) is 26.0. The number of nitrogens with zero attached hydrogens (tertiary/aromatic N) is 1. The van der Waals surface area contributed by atoms with E-state index in [2.05, 4.69) is 13.8 Å². The molecule has 2 rings (SSSR count). The van der Waals surface area contributed by atoms with E-state index in [0.29, 0.717) is 17.3 Å². The van der Waals surface area contributed by atoms with Crippen molar-refractivity contribution in [2.75, 3.05) is 11.4 Å². The third-order valence-electron chi connectivity index (χ3n) is 3.56. The molecule has 0 saturated carbocycles. The number of unbranched alkanes of at least 4 members (excludes halogenated alkanes) is 1. The zero-order valence-corrected chi connectivity index (χ0v) is 11.8. The number of carbonyl (C=O) groups is 2. The van der Waals surface area contributed by atoms with Crippen LogP contribution in [-0.2, 0) is 4.79 Å². The van der Waals surface area contributed by atoms with Crippen LogP contribution >= 0.6 is 11.3 Å². The Labute approximate surface area is 112 Å². The molecule has 0 saturated heterocycles. The summed E-state index contributed by atoms with van der Waals surface area (Å²) in [7, 11) is 0. The molecule has 1 aliphatic heterocycles. The Morgan fingerprint density at radius 3 is 2.78 bits per heavy atom. The maximum absolute atomic E-state index is 11.9. The Morgan fingerprint density at radius 2 is 2.11 bits per heavy atom. The SMILES string of the molecule is CCCC[C@H](CC)CN1C(=O)C(=O)c2sccc21. The van der Waals surface area contributed by atoms with Gasteiger partial charge < -0.3 is 4.90 Å². The van der Waals surface area contributed by atoms with Gasteiger partial charge in [-0.2, -0.15) is 0 Å². The molecular formula is C14H19NO2S. The Balaban J connectivity index is 2.09. The Kier molecular flexibility index (Phi) is 4.17. The second-order valence-electron chi connectivity index (χ2n) is 4.80. The average molecular weight is 265 g/mol. The lowest BCUT2D eigenvalue weighted by atomic mass is 9.99. The molecule has 0 N–H and O–H groups in total. The first-order valence-corrected chi connectivity index (χ1v) is 7.50. The molecule has 4 heteroatoms. The first-order chi connectivity index (χ1) is 8.69. The summed E-state index contributed by atoms with van der Waals surface area (Å²) in [5.74, 6) is -0.176. The molecule has 1 amide bonds. The fourth-order valence-corrected chi connectivity index (χ4v) is 3.20. The number of carbonyl (C=O) groups excluding carboxylic acids is 2. The molecule has 0 aromatic carbocycles. The second kappa shape index (κ2) is 5.65. The number of ketones is 1. The minimum absolute atomic E-state index is 0.328. The Hall–Kier alpha value is -1.16. The predicted molar refractivity (Wildman–Crippen MR) is 74.3 cm³/mol. The first-order valence-electron chi connectivity index (χ1n) is 6.62. The highest BCUT2D eigenvalue weighted by Gasteiger charge is 2.37. The van der Waals surface area contributed by atoms with Crippen molar-refractivity contribution in [3.8, 4) is 0 Å². The van der Waals surface area contributed by atoms with Crippen LogP contribution in [0, 0.1) is 5.92 Å². The van der Waals surface area contributed by atoms with E-state index in [1.165, 1.54) is 24.2 Å². The lowest BCUT2D eigenvalue weighted by Gasteiger charge is -2.22. The standard InChI is InChI=1S/C14H19NO2S/c1-3-5-6-10(4-2)9-15-11-7-8-18-13(11)12(16)14(15)17/h7-8,10H,3-6,9H2,1-2H3/t10-/m0/s1. The molecule has 1 aliphatic rings. The second-order valence-corrected chi connectivity index (χ2v) is 5.71. The smallest absolute Gasteiger partial charge is 0.300 e. The number of Topliss-reactive ketones (excluding diaryl/α,β-unsaturated/α-hetero) is 1. The van der Waals surface area contributed by atoms with Gasteiger partial charge in [0.15, 0.2) is 0 Å². The van der Waals surface area contributed by atoms with Crippen molar-refractivity contribution in [1.82, 2.24) is 0 Å². The van der Waals surface area contributed by atoms with Crippen LogP contribution in [-0.4, -0.2) is 18.2 Å². The molecule has 1 aromatic rings. The van der Waals surface area contributed by atoms with E-state index in [4.69, 9.17) is 0 Å². The largest absolute Gasteiger partial charge is 0.304 e. The van der Waals surface area contributed by atoms with E-state index in [0.717, 1.165) is 18.5 Å². The number of rotatable bonds is 6. The molecule has 0 aliphatic carbocycles. The summed E-state index contributed by atoms with van der Waals surface area (Å²) in [5.41, 5.74) is 0.824. The monoisotopic (exact) mass is 265 g/mol. The van der Waals surface area contributed by atoms with E-state index < -0.39 is 0 Å². The molecular weight excluding hydrogens is 246 g/mol. The van der Waals surface area contributed by atoms with Gasteiger partial charge in [-0.1, -0.05) is 33.1 Å². The molecule has 0 radical (unpaired) electrons. The number of hydrogen-bond acceptors (Lipinski definition) is 3. The van der Waals surface area contributed by atoms with Gasteiger partial charge in [-0.15, -0.1) is 11.3 Å². The number of thiophene rings is 1. The van der Waals surface area contributed by atoms with E-state index in [1.54, 1.807) is 4.90 Å². The maximum Gasteiger partial charge on any atom is 0.300 e. The molecule has 1 aromatic heterocycles. The van der Waals surface area contributed by atoms with Crippen LogP contribution in [0.4, 0.5) is 5.69 Å². The van der Waals surface area contributed by atoms with Crippen LogP contribution in [0.5, 0.6) is 0 Å². The molecule has 2 heterocycles. The van der Waals surface area contributed by atoms with Crippen molar-refractivity contribution >= 4 is 28.7 Å². The zero-order valence-electron chi connectivity index (χ0n) is 10.9. The summed E-state index contributed by atoms with van der Waals surface area (Å²) >= 11 is 1.37. The fourth-order valence-electron chi connectivity index (χ4n) is 2.37. The predicted octanol–water partition coefficient (Wildman–Crippen LogP) is 3.49. The summed E-state index contributed by atoms with van der Waals surface area (Å²) in [6, 6.07) is 1.88. The topological polar surface area (TPSA) is 37.4 Å². The van der Waals surface area contributed by atoms with Crippen molar-refractivity contribution in [3.05, 3.63) is 16.3 Å². The molecule has 98 valence electrons. The van der Waals surface area contributed by atoms with E-state index >= 15 is 0 Å². The Bertz CT molecular complexity index is 452. The van der Waals surface area contributed by atoms with Crippen LogP contribution in [0.1, 0.15) is 49.2 Å². The molecule has 3 nitrogen and oxygen atoms in total. The van der Waals surface area contributed by atoms with E-state index in [1.807, 2.05) is 11.4 Å². The van der Waals surface area contributed by atoms with Crippen molar-refractivity contribution in [3.63, 3.8) is 0 Å². The van der Waals surface area contributed by atoms with Crippen molar-refractivity contribution < 1.29 is 9.59 Å². The number of fused-ring (bicyclic) bond motifs is 1. The normalized spacial score (nSPS) is 16.2. The summed E-state index contributed by atoms with van der Waals surface area (Å²) in [6.07, 6.45) is 4.54. The van der Waals surface area contributed by atoms with Crippen molar-refractivity contribution in [2.45, 2.75) is 39.5 Å². The minimum Gasteiger partial charge on any atom is -0.304 e. The highest BCUT2D eigenvalue weighted by Crippen LogP contribution is 2.34. The maximum atomic E-state index is 11.9. The molecule has 1 atom stereocenters. The van der Waals surface area contributed by atoms with Crippen LogP contribution < -0.4 is 4.90 Å². The third kappa shape index (κ3) is 2.34. The van der Waals surface area contributed by atoms with Crippen LogP contribution in [0.3, 0.4) is 0 Å².